The molecule has 2 aromatic rings. The molecule has 0 radical (unpaired) electrons. The lowest BCUT2D eigenvalue weighted by molar-refractivity contribution is 0.466. The zero-order chi connectivity index (χ0) is 13.1. The van der Waals surface area contributed by atoms with Gasteiger partial charge in [0.15, 0.2) is 0 Å². The molecular formula is C13H10ClFINO. The Morgan fingerprint density at radius 2 is 2.00 bits per heavy atom. The second-order valence-corrected chi connectivity index (χ2v) is 5.35. The van der Waals surface area contributed by atoms with Crippen molar-refractivity contribution in [3.05, 3.63) is 56.4 Å². The minimum absolute atomic E-state index is 0.0767. The van der Waals surface area contributed by atoms with E-state index in [4.69, 9.17) is 11.6 Å². The first-order valence-corrected chi connectivity index (χ1v) is 6.68. The number of nitrogens with one attached hydrogen (secondary N) is 1. The molecule has 0 aliphatic heterocycles. The van der Waals surface area contributed by atoms with Crippen molar-refractivity contribution < 1.29 is 9.50 Å². The Balaban J connectivity index is 2.13. The van der Waals surface area contributed by atoms with Crippen LogP contribution in [-0.4, -0.2) is 5.11 Å². The molecule has 0 aromatic heterocycles. The molecule has 2 rings (SSSR count). The fraction of sp³-hybridized carbons (Fsp3) is 0.0769. The molecule has 2 nitrogen and oxygen atoms in total. The van der Waals surface area contributed by atoms with Crippen molar-refractivity contribution in [1.29, 1.82) is 0 Å². The summed E-state index contributed by atoms with van der Waals surface area (Å²) >= 11 is 8.02. The molecule has 2 N–H and O–H groups in total. The largest absolute Gasteiger partial charge is 0.508 e. The number of benzene rings is 2. The summed E-state index contributed by atoms with van der Waals surface area (Å²) < 4.78 is 14.0. The fourth-order valence-electron chi connectivity index (χ4n) is 1.52. The number of hydrogen-bond acceptors (Lipinski definition) is 2. The third-order valence-electron chi connectivity index (χ3n) is 2.44. The maximum absolute atomic E-state index is 13.0. The molecule has 2 aromatic carbocycles. The highest BCUT2D eigenvalue weighted by atomic mass is 127. The predicted molar refractivity (Wildman–Crippen MR) is 79.6 cm³/mol. The molecule has 0 aliphatic carbocycles. The number of aromatic hydroxyl groups is 1. The summed E-state index contributed by atoms with van der Waals surface area (Å²) in [6, 6.07) is 9.34. The zero-order valence-electron chi connectivity index (χ0n) is 9.25. The molecule has 0 bridgehead atoms. The summed E-state index contributed by atoms with van der Waals surface area (Å²) in [5.41, 5.74) is 1.41. The van der Waals surface area contributed by atoms with Crippen molar-refractivity contribution in [2.75, 3.05) is 5.32 Å². The number of rotatable bonds is 3. The van der Waals surface area contributed by atoms with Crippen LogP contribution in [0.1, 0.15) is 5.56 Å². The van der Waals surface area contributed by atoms with E-state index in [1.54, 1.807) is 6.07 Å². The minimum atomic E-state index is -0.365. The van der Waals surface area contributed by atoms with Crippen LogP contribution in [0.3, 0.4) is 0 Å². The number of anilines is 1. The molecule has 0 spiro atoms. The third-order valence-corrected chi connectivity index (χ3v) is 3.57. The number of hydrogen-bond donors (Lipinski definition) is 2. The van der Waals surface area contributed by atoms with Crippen LogP contribution >= 0.6 is 34.2 Å². The van der Waals surface area contributed by atoms with Crippen LogP contribution in [0.4, 0.5) is 10.1 Å². The zero-order valence-corrected chi connectivity index (χ0v) is 12.2. The van der Waals surface area contributed by atoms with Gasteiger partial charge in [-0.25, -0.2) is 4.39 Å². The molecule has 0 fully saturated rings. The topological polar surface area (TPSA) is 32.3 Å². The van der Waals surface area contributed by atoms with Gasteiger partial charge in [0.25, 0.3) is 0 Å². The van der Waals surface area contributed by atoms with Gasteiger partial charge in [-0.2, -0.15) is 0 Å². The molecule has 0 aliphatic rings. The fourth-order valence-corrected chi connectivity index (χ4v) is 2.58. The van der Waals surface area contributed by atoms with Crippen LogP contribution in [0.15, 0.2) is 36.4 Å². The van der Waals surface area contributed by atoms with E-state index in [2.05, 4.69) is 27.9 Å². The Morgan fingerprint density at radius 1 is 1.22 bits per heavy atom. The van der Waals surface area contributed by atoms with Crippen molar-refractivity contribution in [3.63, 3.8) is 0 Å². The first kappa shape index (κ1) is 13.4. The SMILES string of the molecule is Oc1ccc(F)cc1CNc1ccc(Cl)cc1I. The van der Waals surface area contributed by atoms with Crippen LogP contribution < -0.4 is 5.32 Å². The predicted octanol–water partition coefficient (Wildman–Crippen LogP) is 4.40. The van der Waals surface area contributed by atoms with Gasteiger partial charge in [-0.15, -0.1) is 0 Å². The van der Waals surface area contributed by atoms with E-state index in [1.165, 1.54) is 18.2 Å². The normalized spacial score (nSPS) is 10.4. The van der Waals surface area contributed by atoms with Gasteiger partial charge in [0.1, 0.15) is 11.6 Å². The lowest BCUT2D eigenvalue weighted by Crippen LogP contribution is -2.01. The summed E-state index contributed by atoms with van der Waals surface area (Å²) in [7, 11) is 0. The lowest BCUT2D eigenvalue weighted by atomic mass is 10.2. The lowest BCUT2D eigenvalue weighted by Gasteiger charge is -2.10. The van der Waals surface area contributed by atoms with Gasteiger partial charge in [-0.1, -0.05) is 11.6 Å². The highest BCUT2D eigenvalue weighted by Gasteiger charge is 2.05. The van der Waals surface area contributed by atoms with E-state index in [9.17, 15) is 9.50 Å². The second kappa shape index (κ2) is 5.75. The van der Waals surface area contributed by atoms with Gasteiger partial charge in [0.05, 0.1) is 0 Å². The quantitative estimate of drug-likeness (QED) is 0.777. The van der Waals surface area contributed by atoms with Crippen molar-refractivity contribution in [3.8, 4) is 5.75 Å². The van der Waals surface area contributed by atoms with Crippen molar-refractivity contribution >= 4 is 39.9 Å². The van der Waals surface area contributed by atoms with Crippen LogP contribution in [0.5, 0.6) is 5.75 Å². The smallest absolute Gasteiger partial charge is 0.123 e. The van der Waals surface area contributed by atoms with Crippen molar-refractivity contribution in [2.24, 2.45) is 0 Å². The van der Waals surface area contributed by atoms with Crippen molar-refractivity contribution in [1.82, 2.24) is 0 Å². The molecule has 18 heavy (non-hydrogen) atoms. The maximum Gasteiger partial charge on any atom is 0.123 e. The molecule has 0 atom stereocenters. The summed E-state index contributed by atoms with van der Waals surface area (Å²) in [5, 5.41) is 13.4. The molecule has 0 amide bonds. The average molecular weight is 378 g/mol. The van der Waals surface area contributed by atoms with Gasteiger partial charge in [-0.05, 0) is 59.0 Å². The molecular weight excluding hydrogens is 368 g/mol. The third kappa shape index (κ3) is 3.26. The first-order valence-electron chi connectivity index (χ1n) is 5.22. The van der Waals surface area contributed by atoms with Crippen LogP contribution in [0.25, 0.3) is 0 Å². The summed E-state index contributed by atoms with van der Waals surface area (Å²) in [4.78, 5) is 0. The van der Waals surface area contributed by atoms with Crippen LogP contribution in [0.2, 0.25) is 5.02 Å². The van der Waals surface area contributed by atoms with Gasteiger partial charge >= 0.3 is 0 Å². The minimum Gasteiger partial charge on any atom is -0.508 e. The molecule has 5 heteroatoms. The second-order valence-electron chi connectivity index (χ2n) is 3.75. The number of halogens is 3. The molecule has 0 saturated carbocycles. The Bertz CT molecular complexity index is 577. The van der Waals surface area contributed by atoms with Gasteiger partial charge in [-0.3, -0.25) is 0 Å². The van der Waals surface area contributed by atoms with E-state index in [-0.39, 0.29) is 11.6 Å². The van der Waals surface area contributed by atoms with Crippen molar-refractivity contribution in [2.45, 2.75) is 6.54 Å². The molecule has 94 valence electrons. The summed E-state index contributed by atoms with van der Waals surface area (Å²) in [5.74, 6) is -0.289. The monoisotopic (exact) mass is 377 g/mol. The highest BCUT2D eigenvalue weighted by molar-refractivity contribution is 14.1. The standard InChI is InChI=1S/C13H10ClFINO/c14-9-1-3-12(11(16)6-9)17-7-8-5-10(15)2-4-13(8)18/h1-6,17-18H,7H2. The van der Waals surface area contributed by atoms with Gasteiger partial charge in [0, 0.05) is 26.4 Å². The Kier molecular flexibility index (Phi) is 4.29. The van der Waals surface area contributed by atoms with E-state index < -0.39 is 0 Å². The van der Waals surface area contributed by atoms with Gasteiger partial charge in [0.2, 0.25) is 0 Å². The molecule has 0 heterocycles. The molecule has 0 saturated heterocycles. The summed E-state index contributed by atoms with van der Waals surface area (Å²) in [6.07, 6.45) is 0. The number of phenols is 1. The van der Waals surface area contributed by atoms with Gasteiger partial charge < -0.3 is 10.4 Å². The highest BCUT2D eigenvalue weighted by Crippen LogP contribution is 2.24. The molecule has 0 unspecified atom stereocenters. The Labute approximate surface area is 123 Å². The first-order chi connectivity index (χ1) is 8.56. The van der Waals surface area contributed by atoms with E-state index in [1.807, 2.05) is 12.1 Å². The number of phenolic OH excluding ortho intramolecular Hbond substituents is 1. The maximum atomic E-state index is 13.0. The van der Waals surface area contributed by atoms with E-state index in [0.29, 0.717) is 17.1 Å². The Morgan fingerprint density at radius 3 is 2.72 bits per heavy atom. The average Bonchev–Trinajstić information content (AvgIpc) is 2.32. The van der Waals surface area contributed by atoms with E-state index in [0.717, 1.165) is 9.26 Å². The summed E-state index contributed by atoms with van der Waals surface area (Å²) in [6.45, 7) is 0.348. The van der Waals surface area contributed by atoms with Crippen LogP contribution in [-0.2, 0) is 6.54 Å². The Hall–Kier alpha value is -1.01. The van der Waals surface area contributed by atoms with E-state index >= 15 is 0 Å². The van der Waals surface area contributed by atoms with Crippen LogP contribution in [0, 0.1) is 9.39 Å².